The summed E-state index contributed by atoms with van der Waals surface area (Å²) in [6, 6.07) is 15.7. The molecule has 7 nitrogen and oxygen atoms in total. The van der Waals surface area contributed by atoms with Crippen molar-refractivity contribution in [1.29, 1.82) is 0 Å². The Morgan fingerprint density at radius 1 is 1.20 bits per heavy atom. The molecule has 1 aromatic heterocycles. The minimum Gasteiger partial charge on any atom is -0.339 e. The SMILES string of the molecule is C[C@@H](c1ccc(-n2cncn2)cc1)N(C)C(=O)CCN1C(=O)CSc2ccccc21. The molecule has 0 saturated carbocycles. The first kappa shape index (κ1) is 20.2. The zero-order valence-electron chi connectivity index (χ0n) is 16.9. The van der Waals surface area contributed by atoms with Crippen molar-refractivity contribution < 1.29 is 9.59 Å². The number of hydrogen-bond acceptors (Lipinski definition) is 5. The highest BCUT2D eigenvalue weighted by Crippen LogP contribution is 2.35. The van der Waals surface area contributed by atoms with Gasteiger partial charge in [-0.25, -0.2) is 9.67 Å². The Morgan fingerprint density at radius 2 is 1.97 bits per heavy atom. The van der Waals surface area contributed by atoms with Crippen molar-refractivity contribution in [2.24, 2.45) is 0 Å². The summed E-state index contributed by atoms with van der Waals surface area (Å²) in [5, 5.41) is 4.12. The van der Waals surface area contributed by atoms with Gasteiger partial charge in [-0.1, -0.05) is 24.3 Å². The van der Waals surface area contributed by atoms with E-state index in [4.69, 9.17) is 0 Å². The Kier molecular flexibility index (Phi) is 5.85. The standard InChI is InChI=1S/C22H23N5O2S/c1-16(17-7-9-18(10-8-17)27-15-23-14-24-27)25(2)21(28)11-12-26-19-5-3-4-6-20(19)30-13-22(26)29/h3-10,14-16H,11-13H2,1-2H3/t16-/m0/s1. The number of amides is 2. The van der Waals surface area contributed by atoms with Gasteiger partial charge in [0.1, 0.15) is 12.7 Å². The minimum absolute atomic E-state index is 0.00589. The predicted molar refractivity (Wildman–Crippen MR) is 117 cm³/mol. The van der Waals surface area contributed by atoms with Crippen LogP contribution in [0.1, 0.15) is 24.9 Å². The van der Waals surface area contributed by atoms with Gasteiger partial charge in [-0.2, -0.15) is 5.10 Å². The lowest BCUT2D eigenvalue weighted by Gasteiger charge is -2.30. The first-order valence-electron chi connectivity index (χ1n) is 9.77. The average molecular weight is 422 g/mol. The van der Waals surface area contributed by atoms with Gasteiger partial charge in [0.25, 0.3) is 0 Å². The van der Waals surface area contributed by atoms with Crippen LogP contribution >= 0.6 is 11.8 Å². The molecule has 0 radical (unpaired) electrons. The maximum Gasteiger partial charge on any atom is 0.237 e. The molecule has 1 aliphatic rings. The molecule has 30 heavy (non-hydrogen) atoms. The Labute approximate surface area is 179 Å². The normalized spacial score (nSPS) is 14.3. The molecule has 0 saturated heterocycles. The molecule has 0 bridgehead atoms. The molecule has 8 heteroatoms. The Balaban J connectivity index is 1.39. The van der Waals surface area contributed by atoms with Crippen molar-refractivity contribution in [2.75, 3.05) is 24.2 Å². The maximum atomic E-state index is 12.8. The first-order chi connectivity index (χ1) is 14.5. The van der Waals surface area contributed by atoms with Crippen molar-refractivity contribution in [2.45, 2.75) is 24.3 Å². The summed E-state index contributed by atoms with van der Waals surface area (Å²) < 4.78 is 1.69. The van der Waals surface area contributed by atoms with Crippen molar-refractivity contribution in [3.63, 3.8) is 0 Å². The van der Waals surface area contributed by atoms with Crippen LogP contribution in [0.5, 0.6) is 0 Å². The molecule has 0 aliphatic carbocycles. The summed E-state index contributed by atoms with van der Waals surface area (Å²) in [6.45, 7) is 2.39. The number of rotatable bonds is 6. The van der Waals surface area contributed by atoms with E-state index in [0.29, 0.717) is 12.3 Å². The number of carbonyl (C=O) groups excluding carboxylic acids is 2. The molecule has 2 heterocycles. The monoisotopic (exact) mass is 421 g/mol. The molecule has 0 N–H and O–H groups in total. The fourth-order valence-electron chi connectivity index (χ4n) is 3.47. The number of aromatic nitrogens is 3. The molecule has 2 aromatic carbocycles. The van der Waals surface area contributed by atoms with E-state index in [0.717, 1.165) is 21.8 Å². The molecule has 154 valence electrons. The molecule has 0 unspecified atom stereocenters. The zero-order valence-corrected chi connectivity index (χ0v) is 17.7. The van der Waals surface area contributed by atoms with E-state index in [1.165, 1.54) is 6.33 Å². The van der Waals surface area contributed by atoms with Gasteiger partial charge in [0.15, 0.2) is 0 Å². The fourth-order valence-corrected chi connectivity index (χ4v) is 4.41. The number of hydrogen-bond donors (Lipinski definition) is 0. The average Bonchev–Trinajstić information content (AvgIpc) is 3.32. The van der Waals surface area contributed by atoms with Crippen LogP contribution in [0, 0.1) is 0 Å². The summed E-state index contributed by atoms with van der Waals surface area (Å²) in [4.78, 5) is 33.7. The third-order valence-corrected chi connectivity index (χ3v) is 6.44. The van der Waals surface area contributed by atoms with Crippen LogP contribution in [0.2, 0.25) is 0 Å². The van der Waals surface area contributed by atoms with Crippen LogP contribution in [-0.4, -0.2) is 50.8 Å². The van der Waals surface area contributed by atoms with E-state index >= 15 is 0 Å². The molecule has 0 fully saturated rings. The molecule has 3 aromatic rings. The second kappa shape index (κ2) is 8.71. The lowest BCUT2D eigenvalue weighted by molar-refractivity contribution is -0.131. The van der Waals surface area contributed by atoms with E-state index in [9.17, 15) is 9.59 Å². The first-order valence-corrected chi connectivity index (χ1v) is 10.8. The fraction of sp³-hybridized carbons (Fsp3) is 0.273. The van der Waals surface area contributed by atoms with E-state index in [1.54, 1.807) is 39.6 Å². The second-order valence-corrected chi connectivity index (χ2v) is 8.18. The lowest BCUT2D eigenvalue weighted by atomic mass is 10.1. The van der Waals surface area contributed by atoms with Crippen LogP contribution in [-0.2, 0) is 9.59 Å². The molecule has 1 atom stereocenters. The molecular weight excluding hydrogens is 398 g/mol. The molecule has 1 aliphatic heterocycles. The molecule has 0 spiro atoms. The Morgan fingerprint density at radius 3 is 2.70 bits per heavy atom. The van der Waals surface area contributed by atoms with Crippen LogP contribution in [0.3, 0.4) is 0 Å². The van der Waals surface area contributed by atoms with E-state index in [2.05, 4.69) is 10.1 Å². The summed E-state index contributed by atoms with van der Waals surface area (Å²) in [5.41, 5.74) is 2.84. The minimum atomic E-state index is -0.0813. The van der Waals surface area contributed by atoms with Crippen molar-refractivity contribution in [1.82, 2.24) is 19.7 Å². The van der Waals surface area contributed by atoms with E-state index in [1.807, 2.05) is 55.5 Å². The lowest BCUT2D eigenvalue weighted by Crippen LogP contribution is -2.39. The van der Waals surface area contributed by atoms with Crippen LogP contribution in [0.25, 0.3) is 5.69 Å². The smallest absolute Gasteiger partial charge is 0.237 e. The van der Waals surface area contributed by atoms with E-state index < -0.39 is 0 Å². The second-order valence-electron chi connectivity index (χ2n) is 7.16. The highest BCUT2D eigenvalue weighted by Gasteiger charge is 2.26. The van der Waals surface area contributed by atoms with Crippen LogP contribution in [0.4, 0.5) is 5.69 Å². The number of thioether (sulfide) groups is 1. The quantitative estimate of drug-likeness (QED) is 0.611. The third-order valence-electron chi connectivity index (χ3n) is 5.39. The summed E-state index contributed by atoms with van der Waals surface area (Å²) in [7, 11) is 1.81. The van der Waals surface area contributed by atoms with Gasteiger partial charge in [-0.05, 0) is 36.8 Å². The topological polar surface area (TPSA) is 71.3 Å². The zero-order chi connectivity index (χ0) is 21.1. The van der Waals surface area contributed by atoms with Gasteiger partial charge in [0, 0.05) is 24.9 Å². The van der Waals surface area contributed by atoms with Gasteiger partial charge in [0.2, 0.25) is 11.8 Å². The summed E-state index contributed by atoms with van der Waals surface area (Å²) in [6.07, 6.45) is 3.42. The molecule has 2 amide bonds. The maximum absolute atomic E-state index is 12.8. The number of benzene rings is 2. The number of fused-ring (bicyclic) bond motifs is 1. The summed E-state index contributed by atoms with van der Waals surface area (Å²) >= 11 is 1.55. The van der Waals surface area contributed by atoms with Crippen molar-refractivity contribution in [3.8, 4) is 5.69 Å². The largest absolute Gasteiger partial charge is 0.339 e. The van der Waals surface area contributed by atoms with E-state index in [-0.39, 0.29) is 24.3 Å². The van der Waals surface area contributed by atoms with Gasteiger partial charge < -0.3 is 9.80 Å². The molecular formula is C22H23N5O2S. The number of anilines is 1. The van der Waals surface area contributed by atoms with Gasteiger partial charge in [0.05, 0.1) is 23.2 Å². The van der Waals surface area contributed by atoms with Gasteiger partial charge >= 0.3 is 0 Å². The summed E-state index contributed by atoms with van der Waals surface area (Å²) in [5.74, 6) is 0.465. The highest BCUT2D eigenvalue weighted by atomic mass is 32.2. The van der Waals surface area contributed by atoms with Gasteiger partial charge in [-0.3, -0.25) is 9.59 Å². The van der Waals surface area contributed by atoms with Crippen LogP contribution in [0.15, 0.2) is 66.1 Å². The van der Waals surface area contributed by atoms with Crippen molar-refractivity contribution in [3.05, 3.63) is 66.7 Å². The molecule has 4 rings (SSSR count). The van der Waals surface area contributed by atoms with Crippen molar-refractivity contribution >= 4 is 29.3 Å². The number of nitrogens with zero attached hydrogens (tertiary/aromatic N) is 5. The van der Waals surface area contributed by atoms with Gasteiger partial charge in [-0.15, -0.1) is 11.8 Å². The number of carbonyl (C=O) groups is 2. The third kappa shape index (κ3) is 4.09. The van der Waals surface area contributed by atoms with Crippen LogP contribution < -0.4 is 4.90 Å². The highest BCUT2D eigenvalue weighted by molar-refractivity contribution is 8.00. The predicted octanol–water partition coefficient (Wildman–Crippen LogP) is 3.32. The number of para-hydroxylation sites is 1. The Hall–Kier alpha value is -3.13. The Bertz CT molecular complexity index is 1040.